The number of hydrogen-bond donors (Lipinski definition) is 2. The van der Waals surface area contributed by atoms with Crippen LogP contribution in [0.5, 0.6) is 0 Å². The van der Waals surface area contributed by atoms with Crippen LogP contribution in [-0.4, -0.2) is 24.7 Å². The van der Waals surface area contributed by atoms with Crippen LogP contribution >= 0.6 is 47.0 Å². The van der Waals surface area contributed by atoms with Crippen molar-refractivity contribution < 1.29 is 0 Å². The van der Waals surface area contributed by atoms with Gasteiger partial charge in [-0.05, 0) is 61.5 Å². The van der Waals surface area contributed by atoms with E-state index in [1.807, 2.05) is 71.9 Å². The van der Waals surface area contributed by atoms with Gasteiger partial charge in [0.2, 0.25) is 0 Å². The van der Waals surface area contributed by atoms with E-state index in [0.717, 1.165) is 28.2 Å². The molecule has 33 heavy (non-hydrogen) atoms. The Labute approximate surface area is 212 Å². The topological polar surface area (TPSA) is 59.7 Å². The molecule has 2 N–H and O–H groups in total. The van der Waals surface area contributed by atoms with E-state index in [0.29, 0.717) is 39.1 Å². The Morgan fingerprint density at radius 3 is 2.48 bits per heavy atom. The van der Waals surface area contributed by atoms with Crippen molar-refractivity contribution in [3.05, 3.63) is 92.3 Å². The maximum absolute atomic E-state index is 6.33. The van der Waals surface area contributed by atoms with E-state index in [-0.39, 0.29) is 0 Å². The lowest BCUT2D eigenvalue weighted by atomic mass is 10.2. The first-order valence-electron chi connectivity index (χ1n) is 10.1. The molecule has 0 bridgehead atoms. The molecule has 0 amide bonds. The lowest BCUT2D eigenvalue weighted by molar-refractivity contribution is 0.659. The van der Waals surface area contributed by atoms with Crippen LogP contribution in [0.25, 0.3) is 0 Å². The average molecular weight is 520 g/mol. The fourth-order valence-electron chi connectivity index (χ4n) is 3.44. The van der Waals surface area contributed by atoms with Gasteiger partial charge < -0.3 is 10.6 Å². The summed E-state index contributed by atoms with van der Waals surface area (Å²) < 4.78 is 3.70. The van der Waals surface area contributed by atoms with Crippen molar-refractivity contribution in [3.63, 3.8) is 0 Å². The van der Waals surface area contributed by atoms with Crippen LogP contribution in [0, 0.1) is 13.8 Å². The Kier molecular flexibility index (Phi) is 7.24. The zero-order valence-corrected chi connectivity index (χ0v) is 21.0. The third-order valence-corrected chi connectivity index (χ3v) is 6.10. The summed E-state index contributed by atoms with van der Waals surface area (Å²) in [6.45, 7) is 5.05. The third-order valence-electron chi connectivity index (χ3n) is 5.07. The molecule has 0 saturated carbocycles. The smallest absolute Gasteiger partial charge is 0.176 e. The van der Waals surface area contributed by atoms with Gasteiger partial charge in [0.05, 0.1) is 30.2 Å². The Balaban J connectivity index is 1.41. The lowest BCUT2D eigenvalue weighted by Crippen LogP contribution is -2.20. The molecule has 6 nitrogen and oxygen atoms in total. The third kappa shape index (κ3) is 5.86. The van der Waals surface area contributed by atoms with E-state index >= 15 is 0 Å². The van der Waals surface area contributed by atoms with Crippen molar-refractivity contribution in [2.45, 2.75) is 26.9 Å². The minimum atomic E-state index is 0.429. The van der Waals surface area contributed by atoms with Gasteiger partial charge in [-0.3, -0.25) is 9.36 Å². The molecule has 0 unspecified atom stereocenters. The Morgan fingerprint density at radius 2 is 1.73 bits per heavy atom. The Hall–Kier alpha value is -2.58. The molecule has 4 aromatic rings. The molecule has 0 atom stereocenters. The molecule has 10 heteroatoms. The molecule has 0 aliphatic carbocycles. The second kappa shape index (κ2) is 10.1. The highest BCUT2D eigenvalue weighted by molar-refractivity contribution is 7.80. The van der Waals surface area contributed by atoms with Gasteiger partial charge in [-0.1, -0.05) is 53.0 Å². The minimum Gasteiger partial charge on any atom is -0.329 e. The number of benzene rings is 2. The molecular formula is C23H21Cl3N6S. The molecular weight excluding hydrogens is 499 g/mol. The van der Waals surface area contributed by atoms with E-state index < -0.39 is 0 Å². The van der Waals surface area contributed by atoms with Crippen molar-refractivity contribution in [1.82, 2.24) is 19.6 Å². The summed E-state index contributed by atoms with van der Waals surface area (Å²) in [5.41, 5.74) is 4.61. The van der Waals surface area contributed by atoms with Gasteiger partial charge in [0.15, 0.2) is 10.9 Å². The average Bonchev–Trinajstić information content (AvgIpc) is 3.29. The molecule has 0 fully saturated rings. The van der Waals surface area contributed by atoms with Crippen LogP contribution < -0.4 is 10.6 Å². The summed E-state index contributed by atoms with van der Waals surface area (Å²) in [7, 11) is 0. The quantitative estimate of drug-likeness (QED) is 0.282. The standard InChI is InChI=1S/C23H21Cl3N6S/c1-14-22(15(2)32(29-14)13-17-6-7-19(25)11-20(17)26)28-23(33)27-21-8-9-31(30-21)12-16-4-3-5-18(24)10-16/h3-11H,12-13H2,1-2H3,(H2,27,28,30,33). The van der Waals surface area contributed by atoms with Gasteiger partial charge in [0.1, 0.15) is 0 Å². The lowest BCUT2D eigenvalue weighted by Gasteiger charge is -2.10. The molecule has 0 spiro atoms. The van der Waals surface area contributed by atoms with Crippen molar-refractivity contribution in [1.29, 1.82) is 0 Å². The first-order valence-corrected chi connectivity index (χ1v) is 11.7. The van der Waals surface area contributed by atoms with Crippen molar-refractivity contribution in [2.24, 2.45) is 0 Å². The monoisotopic (exact) mass is 518 g/mol. The van der Waals surface area contributed by atoms with Gasteiger partial charge in [-0.2, -0.15) is 10.2 Å². The summed E-state index contributed by atoms with van der Waals surface area (Å²) in [5, 5.41) is 17.9. The van der Waals surface area contributed by atoms with E-state index in [1.54, 1.807) is 6.07 Å². The van der Waals surface area contributed by atoms with Crippen LogP contribution in [0.4, 0.5) is 11.5 Å². The molecule has 0 radical (unpaired) electrons. The van der Waals surface area contributed by atoms with E-state index in [2.05, 4.69) is 20.8 Å². The zero-order chi connectivity index (χ0) is 23.5. The number of aromatic nitrogens is 4. The zero-order valence-electron chi connectivity index (χ0n) is 17.9. The minimum absolute atomic E-state index is 0.429. The van der Waals surface area contributed by atoms with Gasteiger partial charge >= 0.3 is 0 Å². The number of hydrogen-bond acceptors (Lipinski definition) is 3. The first-order chi connectivity index (χ1) is 15.8. The second-order valence-electron chi connectivity index (χ2n) is 7.55. The van der Waals surface area contributed by atoms with Gasteiger partial charge in [-0.25, -0.2) is 0 Å². The molecule has 170 valence electrons. The largest absolute Gasteiger partial charge is 0.329 e. The van der Waals surface area contributed by atoms with Crippen molar-refractivity contribution in [3.8, 4) is 0 Å². The van der Waals surface area contributed by atoms with Gasteiger partial charge in [0, 0.05) is 27.3 Å². The highest BCUT2D eigenvalue weighted by Crippen LogP contribution is 2.25. The van der Waals surface area contributed by atoms with Crippen LogP contribution in [0.3, 0.4) is 0 Å². The molecule has 4 rings (SSSR count). The number of nitrogens with one attached hydrogen (secondary N) is 2. The Bertz CT molecular complexity index is 1310. The number of anilines is 2. The van der Waals surface area contributed by atoms with Crippen LogP contribution in [0.15, 0.2) is 54.7 Å². The predicted octanol–water partition coefficient (Wildman–Crippen LogP) is 6.56. The van der Waals surface area contributed by atoms with E-state index in [4.69, 9.17) is 47.0 Å². The van der Waals surface area contributed by atoms with Crippen LogP contribution in [0.1, 0.15) is 22.5 Å². The first kappa shape index (κ1) is 23.6. The molecule has 0 aliphatic rings. The maximum atomic E-state index is 6.33. The number of nitrogens with zero attached hydrogens (tertiary/aromatic N) is 4. The Morgan fingerprint density at radius 1 is 0.939 bits per heavy atom. The molecule has 0 saturated heterocycles. The fourth-order valence-corrected chi connectivity index (χ4v) is 4.33. The predicted molar refractivity (Wildman–Crippen MR) is 140 cm³/mol. The number of halogens is 3. The van der Waals surface area contributed by atoms with Gasteiger partial charge in [-0.15, -0.1) is 0 Å². The molecule has 2 heterocycles. The number of rotatable bonds is 6. The summed E-state index contributed by atoms with van der Waals surface area (Å²) >= 11 is 23.9. The van der Waals surface area contributed by atoms with Crippen molar-refractivity contribution >= 4 is 63.6 Å². The summed E-state index contributed by atoms with van der Waals surface area (Å²) in [5.74, 6) is 0.644. The van der Waals surface area contributed by atoms with E-state index in [9.17, 15) is 0 Å². The van der Waals surface area contributed by atoms with Gasteiger partial charge in [0.25, 0.3) is 0 Å². The SMILES string of the molecule is Cc1nn(Cc2ccc(Cl)cc2Cl)c(C)c1NC(=S)Nc1ccn(Cc2cccc(Cl)c2)n1. The van der Waals surface area contributed by atoms with E-state index in [1.165, 1.54) is 0 Å². The van der Waals surface area contributed by atoms with Crippen molar-refractivity contribution in [2.75, 3.05) is 10.6 Å². The molecule has 2 aromatic heterocycles. The highest BCUT2D eigenvalue weighted by atomic mass is 35.5. The highest BCUT2D eigenvalue weighted by Gasteiger charge is 2.15. The summed E-state index contributed by atoms with van der Waals surface area (Å²) in [6.07, 6.45) is 1.89. The number of aryl methyl sites for hydroxylation is 1. The summed E-state index contributed by atoms with van der Waals surface area (Å²) in [6, 6.07) is 15.0. The number of thiocarbonyl (C=S) groups is 1. The normalized spacial score (nSPS) is 10.9. The van der Waals surface area contributed by atoms with Crippen LogP contribution in [-0.2, 0) is 13.1 Å². The maximum Gasteiger partial charge on any atom is 0.176 e. The van der Waals surface area contributed by atoms with Crippen LogP contribution in [0.2, 0.25) is 15.1 Å². The molecule has 2 aromatic carbocycles. The fraction of sp³-hybridized carbons (Fsp3) is 0.174. The molecule has 0 aliphatic heterocycles. The second-order valence-corrected chi connectivity index (χ2v) is 9.24. The summed E-state index contributed by atoms with van der Waals surface area (Å²) in [4.78, 5) is 0.